The molecule has 1 N–H and O–H groups in total. The third-order valence-corrected chi connectivity index (χ3v) is 2.75. The van der Waals surface area contributed by atoms with Crippen LogP contribution in [0.2, 0.25) is 0 Å². The Morgan fingerprint density at radius 1 is 1.33 bits per heavy atom. The van der Waals surface area contributed by atoms with Gasteiger partial charge in [0.15, 0.2) is 17.1 Å². The van der Waals surface area contributed by atoms with Crippen LogP contribution >= 0.6 is 0 Å². The third-order valence-electron chi connectivity index (χ3n) is 2.75. The highest BCUT2D eigenvalue weighted by molar-refractivity contribution is 5.78. The van der Waals surface area contributed by atoms with Gasteiger partial charge >= 0.3 is 0 Å². The normalized spacial score (nSPS) is 19.1. The fraction of sp³-hybridized carbons (Fsp3) is 0.273. The Balaban J connectivity index is 2.18. The zero-order chi connectivity index (χ0) is 10.5. The van der Waals surface area contributed by atoms with Gasteiger partial charge in [-0.25, -0.2) is 8.78 Å². The van der Waals surface area contributed by atoms with E-state index in [0.717, 1.165) is 0 Å². The molecule has 0 atom stereocenters. The lowest BCUT2D eigenvalue weighted by atomic mass is 9.96. The van der Waals surface area contributed by atoms with Gasteiger partial charge in [0.25, 0.3) is 0 Å². The molecule has 2 aromatic rings. The first-order valence-electron chi connectivity index (χ1n) is 4.77. The maximum absolute atomic E-state index is 13.9. The lowest BCUT2D eigenvalue weighted by Crippen LogP contribution is -2.53. The summed E-state index contributed by atoms with van der Waals surface area (Å²) in [5.74, 6) is -0.240. The van der Waals surface area contributed by atoms with Gasteiger partial charge in [0.2, 0.25) is 0 Å². The Labute approximate surface area is 84.9 Å². The van der Waals surface area contributed by atoms with Crippen molar-refractivity contribution in [3.8, 4) is 0 Å². The van der Waals surface area contributed by atoms with Gasteiger partial charge in [-0.15, -0.1) is 0 Å². The fourth-order valence-electron chi connectivity index (χ4n) is 1.77. The number of furan rings is 1. The van der Waals surface area contributed by atoms with Crippen molar-refractivity contribution in [2.24, 2.45) is 0 Å². The summed E-state index contributed by atoms with van der Waals surface area (Å²) >= 11 is 0. The van der Waals surface area contributed by atoms with E-state index in [9.17, 15) is 8.78 Å². The Morgan fingerprint density at radius 3 is 2.73 bits per heavy atom. The summed E-state index contributed by atoms with van der Waals surface area (Å²) in [6.45, 7) is 0.461. The molecule has 1 aliphatic heterocycles. The summed E-state index contributed by atoms with van der Waals surface area (Å²) in [6, 6.07) is 6.17. The van der Waals surface area contributed by atoms with E-state index in [1.165, 1.54) is 6.07 Å². The average molecular weight is 209 g/mol. The molecule has 4 heteroatoms. The molecule has 0 radical (unpaired) electrons. The highest BCUT2D eigenvalue weighted by Gasteiger charge is 2.42. The Morgan fingerprint density at radius 2 is 2.13 bits per heavy atom. The molecule has 2 heterocycles. The van der Waals surface area contributed by atoms with E-state index in [-0.39, 0.29) is 24.4 Å². The summed E-state index contributed by atoms with van der Waals surface area (Å²) in [5, 5.41) is 3.44. The summed E-state index contributed by atoms with van der Waals surface area (Å²) in [6.07, 6.45) is 0. The first-order chi connectivity index (χ1) is 7.19. The highest BCUT2D eigenvalue weighted by atomic mass is 19.1. The number of nitrogens with one attached hydrogen (secondary N) is 1. The van der Waals surface area contributed by atoms with Gasteiger partial charge in [0.1, 0.15) is 5.76 Å². The third kappa shape index (κ3) is 1.18. The number of hydrogen-bond donors (Lipinski definition) is 1. The largest absolute Gasteiger partial charge is 0.454 e. The molecule has 1 aromatic carbocycles. The molecule has 0 saturated carbocycles. The maximum atomic E-state index is 13.9. The van der Waals surface area contributed by atoms with Gasteiger partial charge in [-0.1, -0.05) is 12.1 Å². The van der Waals surface area contributed by atoms with Gasteiger partial charge < -0.3 is 9.73 Å². The number of rotatable bonds is 1. The summed E-state index contributed by atoms with van der Waals surface area (Å²) in [5.41, 5.74) is -1.33. The zero-order valence-electron chi connectivity index (χ0n) is 7.89. The number of alkyl halides is 1. The van der Waals surface area contributed by atoms with Crippen LogP contribution in [0.25, 0.3) is 11.0 Å². The van der Waals surface area contributed by atoms with E-state index in [1.807, 2.05) is 0 Å². The summed E-state index contributed by atoms with van der Waals surface area (Å²) < 4.78 is 32.4. The van der Waals surface area contributed by atoms with Crippen LogP contribution in [-0.2, 0) is 5.67 Å². The highest BCUT2D eigenvalue weighted by Crippen LogP contribution is 2.34. The van der Waals surface area contributed by atoms with E-state index in [1.54, 1.807) is 18.2 Å². The second kappa shape index (κ2) is 2.79. The molecule has 15 heavy (non-hydrogen) atoms. The van der Waals surface area contributed by atoms with Crippen LogP contribution in [0.5, 0.6) is 0 Å². The quantitative estimate of drug-likeness (QED) is 0.779. The molecule has 1 aromatic heterocycles. The molecular weight excluding hydrogens is 200 g/mol. The fourth-order valence-corrected chi connectivity index (χ4v) is 1.77. The van der Waals surface area contributed by atoms with Gasteiger partial charge in [0, 0.05) is 18.5 Å². The monoisotopic (exact) mass is 209 g/mol. The van der Waals surface area contributed by atoms with Crippen LogP contribution in [0, 0.1) is 5.82 Å². The second-order valence-electron chi connectivity index (χ2n) is 3.84. The minimum atomic E-state index is -1.47. The smallest absolute Gasteiger partial charge is 0.192 e. The van der Waals surface area contributed by atoms with Gasteiger partial charge in [-0.3, -0.25) is 0 Å². The van der Waals surface area contributed by atoms with Crippen LogP contribution < -0.4 is 5.32 Å². The predicted molar refractivity (Wildman–Crippen MR) is 51.8 cm³/mol. The lowest BCUT2D eigenvalue weighted by Gasteiger charge is -2.32. The molecule has 78 valence electrons. The SMILES string of the molecule is Fc1cccc2cc(C3(F)CNC3)oc12. The Bertz CT molecular complexity index is 516. The minimum Gasteiger partial charge on any atom is -0.454 e. The molecule has 0 aliphatic carbocycles. The molecule has 0 spiro atoms. The topological polar surface area (TPSA) is 25.2 Å². The van der Waals surface area contributed by atoms with Crippen molar-refractivity contribution >= 4 is 11.0 Å². The van der Waals surface area contributed by atoms with Crippen LogP contribution in [0.1, 0.15) is 5.76 Å². The molecule has 0 bridgehead atoms. The first kappa shape index (κ1) is 8.85. The van der Waals surface area contributed by atoms with Crippen molar-refractivity contribution < 1.29 is 13.2 Å². The van der Waals surface area contributed by atoms with Crippen molar-refractivity contribution in [3.63, 3.8) is 0 Å². The molecule has 2 nitrogen and oxygen atoms in total. The molecule has 0 unspecified atom stereocenters. The van der Waals surface area contributed by atoms with Crippen LogP contribution in [-0.4, -0.2) is 13.1 Å². The van der Waals surface area contributed by atoms with Crippen molar-refractivity contribution in [2.75, 3.05) is 13.1 Å². The second-order valence-corrected chi connectivity index (χ2v) is 3.84. The zero-order valence-corrected chi connectivity index (χ0v) is 7.89. The van der Waals surface area contributed by atoms with E-state index in [4.69, 9.17) is 4.42 Å². The van der Waals surface area contributed by atoms with Crippen LogP contribution in [0.15, 0.2) is 28.7 Å². The van der Waals surface area contributed by atoms with Crippen molar-refractivity contribution in [1.29, 1.82) is 0 Å². The van der Waals surface area contributed by atoms with Gasteiger partial charge in [0.05, 0.1) is 0 Å². The number of hydrogen-bond acceptors (Lipinski definition) is 2. The van der Waals surface area contributed by atoms with Crippen LogP contribution in [0.3, 0.4) is 0 Å². The first-order valence-corrected chi connectivity index (χ1v) is 4.77. The minimum absolute atomic E-state index is 0.136. The molecular formula is C11H9F2NO. The van der Waals surface area contributed by atoms with E-state index in [2.05, 4.69) is 5.32 Å². The molecule has 0 amide bonds. The summed E-state index contributed by atoms with van der Waals surface area (Å²) in [7, 11) is 0. The molecule has 1 saturated heterocycles. The molecule has 1 fully saturated rings. The van der Waals surface area contributed by atoms with Gasteiger partial charge in [-0.2, -0.15) is 0 Å². The maximum Gasteiger partial charge on any atom is 0.192 e. The number of fused-ring (bicyclic) bond motifs is 1. The number of halogens is 2. The molecule has 3 rings (SSSR count). The Hall–Kier alpha value is -1.42. The van der Waals surface area contributed by atoms with E-state index < -0.39 is 11.5 Å². The Kier molecular flexibility index (Phi) is 1.65. The standard InChI is InChI=1S/C11H9F2NO/c12-8-3-1-2-7-4-9(15-10(7)8)11(13)5-14-6-11/h1-4,14H,5-6H2. The van der Waals surface area contributed by atoms with E-state index in [0.29, 0.717) is 5.39 Å². The van der Waals surface area contributed by atoms with Crippen molar-refractivity contribution in [3.05, 3.63) is 35.8 Å². The predicted octanol–water partition coefficient (Wildman–Crippen LogP) is 2.34. The number of para-hydroxylation sites is 1. The van der Waals surface area contributed by atoms with E-state index >= 15 is 0 Å². The molecule has 1 aliphatic rings. The summed E-state index contributed by atoms with van der Waals surface area (Å²) in [4.78, 5) is 0. The average Bonchev–Trinajstić information content (AvgIpc) is 2.59. The van der Waals surface area contributed by atoms with Crippen molar-refractivity contribution in [1.82, 2.24) is 5.32 Å². The van der Waals surface area contributed by atoms with Gasteiger partial charge in [-0.05, 0) is 12.1 Å². The lowest BCUT2D eigenvalue weighted by molar-refractivity contribution is 0.0645. The van der Waals surface area contributed by atoms with Crippen molar-refractivity contribution in [2.45, 2.75) is 5.67 Å². The van der Waals surface area contributed by atoms with Crippen LogP contribution in [0.4, 0.5) is 8.78 Å². The number of benzene rings is 1.